The zero-order valence-corrected chi connectivity index (χ0v) is 13.8. The fourth-order valence-electron chi connectivity index (χ4n) is 2.51. The highest BCUT2D eigenvalue weighted by atomic mass is 19.1. The molecule has 1 amide bonds. The first kappa shape index (κ1) is 18.0. The molecular weight excluding hydrogens is 313 g/mol. The zero-order chi connectivity index (χ0) is 17.5. The number of nitrogens with one attached hydrogen (secondary N) is 1. The van der Waals surface area contributed by atoms with Crippen molar-refractivity contribution in [1.82, 2.24) is 25.5 Å². The molecule has 2 atom stereocenters. The van der Waals surface area contributed by atoms with Crippen LogP contribution in [0, 0.1) is 12.7 Å². The maximum Gasteiger partial charge on any atom is 0.245 e. The summed E-state index contributed by atoms with van der Waals surface area (Å²) >= 11 is 0. The lowest BCUT2D eigenvalue weighted by Crippen LogP contribution is -2.40. The van der Waals surface area contributed by atoms with E-state index in [2.05, 4.69) is 20.8 Å². The van der Waals surface area contributed by atoms with E-state index in [0.717, 1.165) is 0 Å². The summed E-state index contributed by atoms with van der Waals surface area (Å²) in [5.74, 6) is -0.0777. The first-order chi connectivity index (χ1) is 11.5. The van der Waals surface area contributed by atoms with E-state index in [9.17, 15) is 9.18 Å². The number of rotatable bonds is 8. The second-order valence-electron chi connectivity index (χ2n) is 5.80. The molecule has 0 aliphatic heterocycles. The topological polar surface area (TPSA) is 92.9 Å². The Hall–Kier alpha value is -2.35. The van der Waals surface area contributed by atoms with Crippen LogP contribution in [0.3, 0.4) is 0 Å². The molecule has 24 heavy (non-hydrogen) atoms. The summed E-state index contributed by atoms with van der Waals surface area (Å²) in [6.07, 6.45) is 1.56. The molecule has 0 aliphatic carbocycles. The second-order valence-corrected chi connectivity index (χ2v) is 5.80. The number of amides is 1. The van der Waals surface area contributed by atoms with Gasteiger partial charge in [0.15, 0.2) is 0 Å². The Balaban J connectivity index is 2.17. The van der Waals surface area contributed by atoms with Gasteiger partial charge in [0.2, 0.25) is 5.91 Å². The van der Waals surface area contributed by atoms with E-state index < -0.39 is 6.04 Å². The van der Waals surface area contributed by atoms with Crippen molar-refractivity contribution in [2.75, 3.05) is 6.61 Å². The van der Waals surface area contributed by atoms with Gasteiger partial charge in [0, 0.05) is 19.1 Å². The largest absolute Gasteiger partial charge is 0.396 e. The number of aromatic nitrogens is 4. The van der Waals surface area contributed by atoms with Gasteiger partial charge in [-0.3, -0.25) is 4.79 Å². The zero-order valence-electron chi connectivity index (χ0n) is 13.8. The van der Waals surface area contributed by atoms with Crippen LogP contribution in [0.1, 0.15) is 37.2 Å². The number of aliphatic hydroxyl groups excluding tert-OH is 1. The molecule has 0 saturated heterocycles. The van der Waals surface area contributed by atoms with Crippen molar-refractivity contribution in [1.29, 1.82) is 0 Å². The molecule has 2 aromatic rings. The average molecular weight is 335 g/mol. The molecule has 2 rings (SSSR count). The maximum atomic E-state index is 13.4. The Labute approximate surface area is 139 Å². The predicted octanol–water partition coefficient (Wildman–Crippen LogP) is 1.18. The maximum absolute atomic E-state index is 13.4. The molecule has 1 heterocycles. The van der Waals surface area contributed by atoms with Crippen LogP contribution in [-0.2, 0) is 11.2 Å². The molecule has 130 valence electrons. The number of halogens is 1. The summed E-state index contributed by atoms with van der Waals surface area (Å²) in [5, 5.41) is 23.1. The van der Waals surface area contributed by atoms with E-state index in [1.54, 1.807) is 19.1 Å². The Morgan fingerprint density at radius 2 is 2.25 bits per heavy atom. The Bertz CT molecular complexity index is 676. The number of carbonyl (C=O) groups excluding carboxylic acids is 1. The van der Waals surface area contributed by atoms with Crippen molar-refractivity contribution < 1.29 is 14.3 Å². The van der Waals surface area contributed by atoms with Crippen molar-refractivity contribution in [3.05, 3.63) is 41.5 Å². The number of carbonyl (C=O) groups is 1. The summed E-state index contributed by atoms with van der Waals surface area (Å²) in [5.41, 5.74) is 0.688. The lowest BCUT2D eigenvalue weighted by Gasteiger charge is -2.20. The highest BCUT2D eigenvalue weighted by Crippen LogP contribution is 2.16. The molecule has 2 unspecified atom stereocenters. The number of nitrogens with zero attached hydrogens (tertiary/aromatic N) is 4. The molecule has 0 radical (unpaired) electrons. The van der Waals surface area contributed by atoms with Gasteiger partial charge in [0.1, 0.15) is 17.7 Å². The average Bonchev–Trinajstić information content (AvgIpc) is 2.96. The minimum Gasteiger partial charge on any atom is -0.396 e. The van der Waals surface area contributed by atoms with Gasteiger partial charge in [-0.05, 0) is 54.8 Å². The third-order valence-electron chi connectivity index (χ3n) is 3.76. The summed E-state index contributed by atoms with van der Waals surface area (Å²) in [6, 6.07) is 5.37. The fourth-order valence-corrected chi connectivity index (χ4v) is 2.51. The van der Waals surface area contributed by atoms with Crippen LogP contribution in [0.2, 0.25) is 0 Å². The third-order valence-corrected chi connectivity index (χ3v) is 3.76. The quantitative estimate of drug-likeness (QED) is 0.756. The lowest BCUT2D eigenvalue weighted by molar-refractivity contribution is -0.125. The molecule has 2 N–H and O–H groups in total. The molecule has 0 fully saturated rings. The summed E-state index contributed by atoms with van der Waals surface area (Å²) in [4.78, 5) is 12.7. The monoisotopic (exact) mass is 335 g/mol. The van der Waals surface area contributed by atoms with Crippen LogP contribution in [0.4, 0.5) is 4.39 Å². The Morgan fingerprint density at radius 3 is 2.88 bits per heavy atom. The number of hydrogen-bond acceptors (Lipinski definition) is 5. The van der Waals surface area contributed by atoms with Crippen molar-refractivity contribution in [3.8, 4) is 0 Å². The van der Waals surface area contributed by atoms with E-state index in [4.69, 9.17) is 5.11 Å². The van der Waals surface area contributed by atoms with Crippen molar-refractivity contribution >= 4 is 5.91 Å². The Kier molecular flexibility index (Phi) is 6.36. The molecule has 1 aromatic heterocycles. The molecule has 8 heteroatoms. The van der Waals surface area contributed by atoms with E-state index in [1.165, 1.54) is 16.8 Å². The van der Waals surface area contributed by atoms with Crippen LogP contribution in [0.25, 0.3) is 0 Å². The number of tetrazole rings is 1. The predicted molar refractivity (Wildman–Crippen MR) is 85.6 cm³/mol. The van der Waals surface area contributed by atoms with E-state index in [1.807, 2.05) is 6.92 Å². The second kappa shape index (κ2) is 8.49. The van der Waals surface area contributed by atoms with Crippen molar-refractivity contribution in [3.63, 3.8) is 0 Å². The van der Waals surface area contributed by atoms with E-state index in [0.29, 0.717) is 24.2 Å². The number of aryl methyl sites for hydroxylation is 1. The third kappa shape index (κ3) is 4.82. The van der Waals surface area contributed by atoms with Gasteiger partial charge in [-0.15, -0.1) is 5.10 Å². The minimum absolute atomic E-state index is 0.0824. The van der Waals surface area contributed by atoms with Gasteiger partial charge in [-0.25, -0.2) is 9.07 Å². The van der Waals surface area contributed by atoms with Crippen LogP contribution < -0.4 is 5.32 Å². The van der Waals surface area contributed by atoms with Gasteiger partial charge in [-0.1, -0.05) is 12.1 Å². The summed E-state index contributed by atoms with van der Waals surface area (Å²) < 4.78 is 14.9. The highest BCUT2D eigenvalue weighted by Gasteiger charge is 2.25. The SMILES string of the molecule is Cc1nnnn1C(Cc1cccc(F)c1)C(=O)NC(C)CCCO. The molecule has 0 aliphatic rings. The molecule has 1 aromatic carbocycles. The Morgan fingerprint density at radius 1 is 1.46 bits per heavy atom. The smallest absolute Gasteiger partial charge is 0.245 e. The van der Waals surface area contributed by atoms with Gasteiger partial charge in [-0.2, -0.15) is 0 Å². The number of hydrogen-bond donors (Lipinski definition) is 2. The van der Waals surface area contributed by atoms with Crippen LogP contribution in [0.15, 0.2) is 24.3 Å². The first-order valence-corrected chi connectivity index (χ1v) is 7.91. The molecule has 0 bridgehead atoms. The fraction of sp³-hybridized carbons (Fsp3) is 0.500. The number of benzene rings is 1. The summed E-state index contributed by atoms with van der Waals surface area (Å²) in [7, 11) is 0. The van der Waals surface area contributed by atoms with Crippen molar-refractivity contribution in [2.45, 2.75) is 45.2 Å². The van der Waals surface area contributed by atoms with Crippen LogP contribution in [0.5, 0.6) is 0 Å². The van der Waals surface area contributed by atoms with Crippen LogP contribution in [-0.4, -0.2) is 43.9 Å². The molecule has 7 nitrogen and oxygen atoms in total. The van der Waals surface area contributed by atoms with Gasteiger partial charge < -0.3 is 10.4 Å². The van der Waals surface area contributed by atoms with E-state index >= 15 is 0 Å². The van der Waals surface area contributed by atoms with Gasteiger partial charge >= 0.3 is 0 Å². The van der Waals surface area contributed by atoms with Crippen molar-refractivity contribution in [2.24, 2.45) is 0 Å². The summed E-state index contributed by atoms with van der Waals surface area (Å²) in [6.45, 7) is 3.67. The highest BCUT2D eigenvalue weighted by molar-refractivity contribution is 5.80. The minimum atomic E-state index is -0.668. The normalized spacial score (nSPS) is 13.5. The lowest BCUT2D eigenvalue weighted by atomic mass is 10.0. The number of aliphatic hydroxyl groups is 1. The van der Waals surface area contributed by atoms with E-state index in [-0.39, 0.29) is 30.8 Å². The van der Waals surface area contributed by atoms with Gasteiger partial charge in [0.25, 0.3) is 0 Å². The molecular formula is C16H22FN5O2. The van der Waals surface area contributed by atoms with Crippen LogP contribution >= 0.6 is 0 Å². The first-order valence-electron chi connectivity index (χ1n) is 7.91. The molecule has 0 spiro atoms. The van der Waals surface area contributed by atoms with Gasteiger partial charge in [0.05, 0.1) is 0 Å². The standard InChI is InChI=1S/C16H22FN5O2/c1-11(5-4-8-23)18-16(24)15(22-12(2)19-20-21-22)10-13-6-3-7-14(17)9-13/h3,6-7,9,11,15,23H,4-5,8,10H2,1-2H3,(H,18,24). The molecule has 0 saturated carbocycles.